The molecule has 0 atom stereocenters. The van der Waals surface area contributed by atoms with E-state index in [1.807, 2.05) is 43.3 Å². The molecule has 8 heteroatoms. The molecule has 0 aliphatic carbocycles. The van der Waals surface area contributed by atoms with E-state index < -0.39 is 10.0 Å². The van der Waals surface area contributed by atoms with Crippen LogP contribution in [0.4, 0.5) is 11.4 Å². The number of fused-ring (bicyclic) bond motifs is 1. The van der Waals surface area contributed by atoms with Crippen LogP contribution in [0.1, 0.15) is 12.0 Å². The molecule has 3 rings (SSSR count). The van der Waals surface area contributed by atoms with Crippen molar-refractivity contribution in [3.05, 3.63) is 48.0 Å². The molecule has 1 amide bonds. The smallest absolute Gasteiger partial charge is 0.240 e. The minimum Gasteiger partial charge on any atom is -0.378 e. The van der Waals surface area contributed by atoms with Crippen LogP contribution in [-0.2, 0) is 21.4 Å². The fourth-order valence-corrected chi connectivity index (χ4v) is 4.52. The molecule has 0 bridgehead atoms. The minimum absolute atomic E-state index is 0.0975. The van der Waals surface area contributed by atoms with Crippen LogP contribution in [0.25, 0.3) is 0 Å². The molecule has 0 radical (unpaired) electrons. The van der Waals surface area contributed by atoms with Gasteiger partial charge in [0.1, 0.15) is 0 Å². The van der Waals surface area contributed by atoms with Gasteiger partial charge < -0.3 is 10.2 Å². The van der Waals surface area contributed by atoms with E-state index in [1.165, 1.54) is 6.07 Å². The van der Waals surface area contributed by atoms with Gasteiger partial charge in [0.2, 0.25) is 15.9 Å². The van der Waals surface area contributed by atoms with Crippen molar-refractivity contribution in [2.24, 2.45) is 0 Å². The number of amides is 1. The van der Waals surface area contributed by atoms with Crippen molar-refractivity contribution < 1.29 is 13.2 Å². The van der Waals surface area contributed by atoms with Gasteiger partial charge in [0.05, 0.1) is 10.6 Å². The lowest BCUT2D eigenvalue weighted by atomic mass is 10.2. The summed E-state index contributed by atoms with van der Waals surface area (Å²) < 4.78 is 27.8. The highest BCUT2D eigenvalue weighted by Crippen LogP contribution is 2.32. The Morgan fingerprint density at radius 1 is 1.15 bits per heavy atom. The third-order valence-electron chi connectivity index (χ3n) is 4.04. The summed E-state index contributed by atoms with van der Waals surface area (Å²) >= 11 is 1.54. The van der Waals surface area contributed by atoms with Crippen molar-refractivity contribution >= 4 is 39.1 Å². The molecule has 0 aromatic heterocycles. The van der Waals surface area contributed by atoms with Gasteiger partial charge in [0.15, 0.2) is 0 Å². The minimum atomic E-state index is -3.67. The third-order valence-corrected chi connectivity index (χ3v) is 6.52. The van der Waals surface area contributed by atoms with E-state index >= 15 is 0 Å². The summed E-state index contributed by atoms with van der Waals surface area (Å²) in [5.74, 6) is 0.589. The lowest BCUT2D eigenvalue weighted by Crippen LogP contribution is -2.23. The van der Waals surface area contributed by atoms with Gasteiger partial charge in [-0.15, -0.1) is 11.8 Å². The monoisotopic (exact) mass is 391 g/mol. The number of hydrogen-bond donors (Lipinski definition) is 2. The summed E-state index contributed by atoms with van der Waals surface area (Å²) in [6.07, 6.45) is 0.419. The SMILES string of the molecule is CN(C)c1ccc(CNS(=O)(=O)c2ccc3c(c2)NC(=O)CCS3)cc1. The van der Waals surface area contributed by atoms with Crippen LogP contribution in [-0.4, -0.2) is 34.2 Å². The van der Waals surface area contributed by atoms with Crippen molar-refractivity contribution in [3.8, 4) is 0 Å². The van der Waals surface area contributed by atoms with E-state index in [0.29, 0.717) is 17.9 Å². The Bertz CT molecular complexity index is 910. The van der Waals surface area contributed by atoms with E-state index in [0.717, 1.165) is 16.1 Å². The Balaban J connectivity index is 1.75. The zero-order valence-electron chi connectivity index (χ0n) is 14.7. The Labute approximate surface area is 158 Å². The molecule has 0 saturated heterocycles. The van der Waals surface area contributed by atoms with Crippen LogP contribution in [0.5, 0.6) is 0 Å². The zero-order chi connectivity index (χ0) is 18.7. The third kappa shape index (κ3) is 4.38. The molecule has 0 fully saturated rings. The van der Waals surface area contributed by atoms with Crippen LogP contribution < -0.4 is 14.9 Å². The van der Waals surface area contributed by atoms with Crippen LogP contribution in [0.15, 0.2) is 52.3 Å². The van der Waals surface area contributed by atoms with Crippen LogP contribution in [0.2, 0.25) is 0 Å². The molecule has 2 N–H and O–H groups in total. The first-order valence-electron chi connectivity index (χ1n) is 8.18. The molecule has 6 nitrogen and oxygen atoms in total. The second kappa shape index (κ2) is 7.69. The number of anilines is 2. The number of nitrogens with zero attached hydrogens (tertiary/aromatic N) is 1. The molecule has 1 aliphatic rings. The summed E-state index contributed by atoms with van der Waals surface area (Å²) in [4.78, 5) is 14.7. The number of carbonyl (C=O) groups excluding carboxylic acids is 1. The van der Waals surface area contributed by atoms with Gasteiger partial charge in [-0.05, 0) is 35.9 Å². The van der Waals surface area contributed by atoms with Gasteiger partial charge in [-0.1, -0.05) is 12.1 Å². The van der Waals surface area contributed by atoms with Crippen LogP contribution >= 0.6 is 11.8 Å². The lowest BCUT2D eigenvalue weighted by Gasteiger charge is -2.13. The topological polar surface area (TPSA) is 78.5 Å². The number of sulfonamides is 1. The van der Waals surface area contributed by atoms with Crippen molar-refractivity contribution in [3.63, 3.8) is 0 Å². The second-order valence-corrected chi connectivity index (χ2v) is 9.09. The highest BCUT2D eigenvalue weighted by molar-refractivity contribution is 7.99. The highest BCUT2D eigenvalue weighted by Gasteiger charge is 2.19. The quantitative estimate of drug-likeness (QED) is 0.819. The normalized spacial score (nSPS) is 14.3. The standard InChI is InChI=1S/C18H21N3O3S2/c1-21(2)14-5-3-13(4-6-14)12-19-26(23,24)15-7-8-17-16(11-15)20-18(22)9-10-25-17/h3-8,11,19H,9-10,12H2,1-2H3,(H,20,22). The molecule has 1 aliphatic heterocycles. The summed E-state index contributed by atoms with van der Waals surface area (Å²) in [5.41, 5.74) is 2.48. The number of thioether (sulfide) groups is 1. The molecule has 2 aromatic carbocycles. The van der Waals surface area contributed by atoms with Crippen LogP contribution in [0, 0.1) is 0 Å². The molecule has 138 valence electrons. The maximum atomic E-state index is 12.6. The number of nitrogens with one attached hydrogen (secondary N) is 2. The van der Waals surface area contributed by atoms with Gasteiger partial charge >= 0.3 is 0 Å². The number of hydrogen-bond acceptors (Lipinski definition) is 5. The van der Waals surface area contributed by atoms with Gasteiger partial charge in [0.25, 0.3) is 0 Å². The fraction of sp³-hybridized carbons (Fsp3) is 0.278. The van der Waals surface area contributed by atoms with Gasteiger partial charge in [-0.2, -0.15) is 0 Å². The predicted molar refractivity (Wildman–Crippen MR) is 105 cm³/mol. The Morgan fingerprint density at radius 3 is 2.58 bits per heavy atom. The summed E-state index contributed by atoms with van der Waals surface area (Å²) in [5, 5.41) is 2.77. The summed E-state index contributed by atoms with van der Waals surface area (Å²) in [6, 6.07) is 12.5. The fourth-order valence-electron chi connectivity index (χ4n) is 2.54. The number of rotatable bonds is 5. The van der Waals surface area contributed by atoms with Crippen molar-refractivity contribution in [1.82, 2.24) is 4.72 Å². The largest absolute Gasteiger partial charge is 0.378 e. The Morgan fingerprint density at radius 2 is 1.88 bits per heavy atom. The Hall–Kier alpha value is -2.03. The molecular weight excluding hydrogens is 370 g/mol. The molecule has 0 spiro atoms. The second-order valence-electron chi connectivity index (χ2n) is 6.19. The first-order valence-corrected chi connectivity index (χ1v) is 10.6. The van der Waals surface area contributed by atoms with Crippen molar-refractivity contribution in [1.29, 1.82) is 0 Å². The molecule has 1 heterocycles. The number of benzene rings is 2. The average molecular weight is 392 g/mol. The first kappa shape index (κ1) is 18.8. The van der Waals surface area contributed by atoms with Crippen molar-refractivity contribution in [2.45, 2.75) is 22.8 Å². The highest BCUT2D eigenvalue weighted by atomic mass is 32.2. The predicted octanol–water partition coefficient (Wildman–Crippen LogP) is 2.67. The average Bonchev–Trinajstić information content (AvgIpc) is 2.80. The molecule has 0 unspecified atom stereocenters. The van der Waals surface area contributed by atoms with E-state index in [4.69, 9.17) is 0 Å². The van der Waals surface area contributed by atoms with Gasteiger partial charge in [-0.3, -0.25) is 4.79 Å². The van der Waals surface area contributed by atoms with E-state index in [-0.39, 0.29) is 17.3 Å². The lowest BCUT2D eigenvalue weighted by molar-refractivity contribution is -0.115. The number of carbonyl (C=O) groups is 1. The molecular formula is C18H21N3O3S2. The van der Waals surface area contributed by atoms with Gasteiger partial charge in [-0.25, -0.2) is 13.1 Å². The molecule has 2 aromatic rings. The molecule has 26 heavy (non-hydrogen) atoms. The van der Waals surface area contributed by atoms with E-state index in [1.54, 1.807) is 23.9 Å². The van der Waals surface area contributed by atoms with E-state index in [2.05, 4.69) is 10.0 Å². The summed E-state index contributed by atoms with van der Waals surface area (Å²) in [7, 11) is 0.234. The van der Waals surface area contributed by atoms with Crippen LogP contribution in [0.3, 0.4) is 0 Å². The maximum Gasteiger partial charge on any atom is 0.240 e. The van der Waals surface area contributed by atoms with Crippen molar-refractivity contribution in [2.75, 3.05) is 30.1 Å². The molecule has 0 saturated carbocycles. The van der Waals surface area contributed by atoms with E-state index in [9.17, 15) is 13.2 Å². The maximum absolute atomic E-state index is 12.6. The summed E-state index contributed by atoms with van der Waals surface area (Å²) in [6.45, 7) is 0.203. The zero-order valence-corrected chi connectivity index (χ0v) is 16.3. The Kier molecular flexibility index (Phi) is 5.55. The van der Waals surface area contributed by atoms with Gasteiger partial charge in [0, 0.05) is 43.4 Å². The first-order chi connectivity index (χ1) is 12.3.